The van der Waals surface area contributed by atoms with Crippen molar-refractivity contribution in [2.24, 2.45) is 0 Å². The van der Waals surface area contributed by atoms with Crippen LogP contribution in [0.15, 0.2) is 36.4 Å². The minimum absolute atomic E-state index is 0.0685. The number of nitro groups is 1. The quantitative estimate of drug-likeness (QED) is 0.595. The van der Waals surface area contributed by atoms with Gasteiger partial charge < -0.3 is 10.4 Å². The monoisotopic (exact) mass is 374 g/mol. The van der Waals surface area contributed by atoms with Gasteiger partial charge in [-0.1, -0.05) is 35.6 Å². The van der Waals surface area contributed by atoms with E-state index in [4.69, 9.17) is 0 Å². The fourth-order valence-corrected chi connectivity index (χ4v) is 4.11. The molecule has 1 aliphatic carbocycles. The molecule has 7 nitrogen and oxygen atoms in total. The summed E-state index contributed by atoms with van der Waals surface area (Å²) in [6, 6.07) is 9.53. The first-order valence-corrected chi connectivity index (χ1v) is 9.13. The Bertz CT molecular complexity index is 848. The van der Waals surface area contributed by atoms with Gasteiger partial charge in [0, 0.05) is 6.07 Å². The molecule has 0 radical (unpaired) electrons. The van der Waals surface area contributed by atoms with Crippen molar-refractivity contribution in [3.8, 4) is 0 Å². The van der Waals surface area contributed by atoms with Gasteiger partial charge in [0.15, 0.2) is 0 Å². The Morgan fingerprint density at radius 2 is 2.08 bits per heavy atom. The van der Waals surface area contributed by atoms with E-state index >= 15 is 0 Å². The summed E-state index contributed by atoms with van der Waals surface area (Å²) in [7, 11) is 0. The Balaban J connectivity index is 1.73. The number of carboxylic acid groups (broad SMARTS) is 1. The Kier molecular flexibility index (Phi) is 5.32. The van der Waals surface area contributed by atoms with E-state index in [0.29, 0.717) is 6.42 Å². The van der Waals surface area contributed by atoms with E-state index in [1.165, 1.54) is 17.7 Å². The van der Waals surface area contributed by atoms with Crippen LogP contribution in [0.2, 0.25) is 0 Å². The van der Waals surface area contributed by atoms with Gasteiger partial charge >= 0.3 is 11.0 Å². The van der Waals surface area contributed by atoms with E-state index in [0.717, 1.165) is 36.2 Å². The van der Waals surface area contributed by atoms with Crippen LogP contribution < -0.4 is 5.32 Å². The lowest BCUT2D eigenvalue weighted by Crippen LogP contribution is -2.41. The summed E-state index contributed by atoms with van der Waals surface area (Å²) >= 11 is 0.733. The van der Waals surface area contributed by atoms with Gasteiger partial charge in [-0.15, -0.1) is 0 Å². The van der Waals surface area contributed by atoms with Crippen LogP contribution >= 0.6 is 11.3 Å². The van der Waals surface area contributed by atoms with Gasteiger partial charge in [0.2, 0.25) is 0 Å². The van der Waals surface area contributed by atoms with Crippen LogP contribution in [0.1, 0.15) is 46.0 Å². The molecule has 2 N–H and O–H groups in total. The van der Waals surface area contributed by atoms with E-state index in [1.807, 2.05) is 18.2 Å². The molecule has 0 bridgehead atoms. The molecule has 0 saturated heterocycles. The summed E-state index contributed by atoms with van der Waals surface area (Å²) in [5, 5.41) is 22.6. The summed E-state index contributed by atoms with van der Waals surface area (Å²) in [5.41, 5.74) is 2.37. The first-order valence-electron chi connectivity index (χ1n) is 8.31. The Hall–Kier alpha value is -2.74. The molecule has 1 aliphatic rings. The second-order valence-corrected chi connectivity index (χ2v) is 7.35. The largest absolute Gasteiger partial charge is 0.480 e. The maximum atomic E-state index is 12.3. The molecule has 2 atom stereocenters. The number of aryl methyl sites for hydroxylation is 1. The van der Waals surface area contributed by atoms with E-state index in [-0.39, 0.29) is 15.8 Å². The minimum atomic E-state index is -1.10. The number of hydrogen-bond donors (Lipinski definition) is 2. The lowest BCUT2D eigenvalue weighted by atomic mass is 9.79. The van der Waals surface area contributed by atoms with Crippen molar-refractivity contribution in [2.75, 3.05) is 0 Å². The van der Waals surface area contributed by atoms with E-state index < -0.39 is 22.8 Å². The second kappa shape index (κ2) is 7.65. The molecule has 0 aliphatic heterocycles. The molecule has 1 amide bonds. The number of benzene rings is 1. The van der Waals surface area contributed by atoms with Crippen molar-refractivity contribution >= 4 is 28.2 Å². The fourth-order valence-electron chi connectivity index (χ4n) is 3.38. The number of rotatable bonds is 6. The zero-order chi connectivity index (χ0) is 18.7. The van der Waals surface area contributed by atoms with Crippen LogP contribution in [0.25, 0.3) is 0 Å². The topological polar surface area (TPSA) is 110 Å². The molecular weight excluding hydrogens is 356 g/mol. The van der Waals surface area contributed by atoms with Crippen LogP contribution in [0.5, 0.6) is 0 Å². The lowest BCUT2D eigenvalue weighted by molar-refractivity contribution is -0.380. The number of carbonyl (C=O) groups excluding carboxylic acids is 1. The highest BCUT2D eigenvalue weighted by Crippen LogP contribution is 2.34. The van der Waals surface area contributed by atoms with Crippen molar-refractivity contribution in [3.63, 3.8) is 0 Å². The van der Waals surface area contributed by atoms with Gasteiger partial charge in [-0.3, -0.25) is 14.9 Å². The summed E-state index contributed by atoms with van der Waals surface area (Å²) < 4.78 is 0. The molecule has 2 unspecified atom stereocenters. The normalized spacial score (nSPS) is 17.2. The number of nitrogens with zero attached hydrogens (tertiary/aromatic N) is 1. The number of thiophene rings is 1. The Labute approximate surface area is 153 Å². The minimum Gasteiger partial charge on any atom is -0.480 e. The van der Waals surface area contributed by atoms with Crippen LogP contribution in [0.4, 0.5) is 5.00 Å². The summed E-state index contributed by atoms with van der Waals surface area (Å²) in [4.78, 5) is 34.2. The molecule has 2 aromatic rings. The van der Waals surface area contributed by atoms with Crippen LogP contribution in [0, 0.1) is 10.1 Å². The van der Waals surface area contributed by atoms with Gasteiger partial charge in [-0.05, 0) is 48.8 Å². The Morgan fingerprint density at radius 3 is 2.77 bits per heavy atom. The molecule has 3 rings (SSSR count). The van der Waals surface area contributed by atoms with Gasteiger partial charge in [-0.25, -0.2) is 4.79 Å². The number of nitrogens with one attached hydrogen (secondary N) is 1. The molecule has 0 saturated carbocycles. The molecule has 0 spiro atoms. The number of fused-ring (bicyclic) bond motifs is 1. The molecule has 1 heterocycles. The van der Waals surface area contributed by atoms with Crippen LogP contribution in [-0.4, -0.2) is 27.9 Å². The molecule has 136 valence electrons. The van der Waals surface area contributed by atoms with Crippen LogP contribution in [0.3, 0.4) is 0 Å². The Morgan fingerprint density at radius 1 is 1.31 bits per heavy atom. The first-order chi connectivity index (χ1) is 12.5. The van der Waals surface area contributed by atoms with Gasteiger partial charge in [0.1, 0.15) is 6.04 Å². The SMILES string of the molecule is O=C(NC(CC1CCCc2ccccc21)C(=O)O)c1ccc([N+](=O)[O-])s1. The standard InChI is InChI=1S/C18H18N2O5S/c21-17(15-8-9-16(26-15)20(24)25)19-14(18(22)23)10-12-6-3-5-11-4-1-2-7-13(11)12/h1-2,4,7-9,12,14H,3,5-6,10H2,(H,19,21)(H,22,23). The molecule has 8 heteroatoms. The zero-order valence-electron chi connectivity index (χ0n) is 13.9. The number of amides is 1. The van der Waals surface area contributed by atoms with Crippen molar-refractivity contribution < 1.29 is 19.6 Å². The summed E-state index contributed by atoms with van der Waals surface area (Å²) in [5.74, 6) is -1.63. The maximum Gasteiger partial charge on any atom is 0.326 e. The third kappa shape index (κ3) is 3.91. The average molecular weight is 374 g/mol. The zero-order valence-corrected chi connectivity index (χ0v) is 14.7. The highest BCUT2D eigenvalue weighted by Gasteiger charge is 2.29. The molecule has 1 aromatic heterocycles. The number of carboxylic acids is 1. The fraction of sp³-hybridized carbons (Fsp3) is 0.333. The van der Waals surface area contributed by atoms with E-state index in [9.17, 15) is 24.8 Å². The molecule has 26 heavy (non-hydrogen) atoms. The van der Waals surface area contributed by atoms with E-state index in [1.54, 1.807) is 0 Å². The highest BCUT2D eigenvalue weighted by atomic mass is 32.1. The first kappa shape index (κ1) is 18.1. The van der Waals surface area contributed by atoms with Crippen molar-refractivity contribution in [3.05, 3.63) is 62.5 Å². The average Bonchev–Trinajstić information content (AvgIpc) is 3.12. The third-order valence-electron chi connectivity index (χ3n) is 4.61. The van der Waals surface area contributed by atoms with E-state index in [2.05, 4.69) is 11.4 Å². The third-order valence-corrected chi connectivity index (χ3v) is 5.65. The van der Waals surface area contributed by atoms with Crippen molar-refractivity contribution in [1.29, 1.82) is 0 Å². The second-order valence-electron chi connectivity index (χ2n) is 6.28. The maximum absolute atomic E-state index is 12.3. The summed E-state index contributed by atoms with van der Waals surface area (Å²) in [6.07, 6.45) is 3.14. The number of carbonyl (C=O) groups is 2. The summed E-state index contributed by atoms with van der Waals surface area (Å²) in [6.45, 7) is 0. The highest BCUT2D eigenvalue weighted by molar-refractivity contribution is 7.17. The van der Waals surface area contributed by atoms with Crippen LogP contribution in [-0.2, 0) is 11.2 Å². The lowest BCUT2D eigenvalue weighted by Gasteiger charge is -2.28. The van der Waals surface area contributed by atoms with Gasteiger partial charge in [0.25, 0.3) is 5.91 Å². The van der Waals surface area contributed by atoms with Gasteiger partial charge in [-0.2, -0.15) is 0 Å². The predicted molar refractivity (Wildman–Crippen MR) is 96.6 cm³/mol. The smallest absolute Gasteiger partial charge is 0.326 e. The molecule has 1 aromatic carbocycles. The predicted octanol–water partition coefficient (Wildman–Crippen LogP) is 3.35. The van der Waals surface area contributed by atoms with Crippen molar-refractivity contribution in [2.45, 2.75) is 37.6 Å². The molecule has 0 fully saturated rings. The van der Waals surface area contributed by atoms with Crippen molar-refractivity contribution in [1.82, 2.24) is 5.32 Å². The van der Waals surface area contributed by atoms with Gasteiger partial charge in [0.05, 0.1) is 9.80 Å². The molecular formula is C18H18N2O5S. The number of hydrogen-bond acceptors (Lipinski definition) is 5. The number of aliphatic carboxylic acids is 1.